The standard InChI is InChI=1S/C11H13N3S/c1-9-5-3-4-6-11(9)7-15-14-8-12-10(2)13-14/h3-6,8H,7H2,1-2H3. The van der Waals surface area contributed by atoms with Crippen LogP contribution >= 0.6 is 11.9 Å². The Morgan fingerprint density at radius 2 is 2.07 bits per heavy atom. The normalized spacial score (nSPS) is 10.5. The highest BCUT2D eigenvalue weighted by Crippen LogP contribution is 2.16. The summed E-state index contributed by atoms with van der Waals surface area (Å²) in [7, 11) is 0. The average molecular weight is 219 g/mol. The van der Waals surface area contributed by atoms with E-state index in [0.717, 1.165) is 11.6 Å². The molecule has 0 N–H and O–H groups in total. The third-order valence-corrected chi connectivity index (χ3v) is 3.08. The van der Waals surface area contributed by atoms with Gasteiger partial charge in [0.15, 0.2) is 0 Å². The van der Waals surface area contributed by atoms with Crippen LogP contribution in [0.1, 0.15) is 17.0 Å². The first kappa shape index (κ1) is 10.2. The van der Waals surface area contributed by atoms with Crippen LogP contribution in [-0.4, -0.2) is 14.2 Å². The van der Waals surface area contributed by atoms with Gasteiger partial charge in [0.1, 0.15) is 12.2 Å². The first-order chi connectivity index (χ1) is 7.25. The Morgan fingerprint density at radius 3 is 2.73 bits per heavy atom. The second-order valence-corrected chi connectivity index (χ2v) is 4.32. The lowest BCUT2D eigenvalue weighted by atomic mass is 10.1. The number of nitrogens with zero attached hydrogens (tertiary/aromatic N) is 3. The molecule has 1 aromatic heterocycles. The molecule has 0 fully saturated rings. The van der Waals surface area contributed by atoms with Crippen molar-refractivity contribution in [3.05, 3.63) is 47.5 Å². The molecule has 0 atom stereocenters. The van der Waals surface area contributed by atoms with E-state index < -0.39 is 0 Å². The number of aromatic nitrogens is 3. The number of aryl methyl sites for hydroxylation is 2. The lowest BCUT2D eigenvalue weighted by Crippen LogP contribution is -1.91. The molecule has 0 saturated heterocycles. The molecule has 0 bridgehead atoms. The van der Waals surface area contributed by atoms with E-state index in [0.29, 0.717) is 0 Å². The van der Waals surface area contributed by atoms with Crippen LogP contribution < -0.4 is 0 Å². The largest absolute Gasteiger partial charge is 0.219 e. The van der Waals surface area contributed by atoms with Crippen molar-refractivity contribution in [3.63, 3.8) is 0 Å². The minimum atomic E-state index is 0.812. The van der Waals surface area contributed by atoms with Crippen molar-refractivity contribution in [1.82, 2.24) is 14.2 Å². The van der Waals surface area contributed by atoms with Crippen molar-refractivity contribution in [2.24, 2.45) is 0 Å². The quantitative estimate of drug-likeness (QED) is 0.795. The Morgan fingerprint density at radius 1 is 1.27 bits per heavy atom. The number of hydrogen-bond donors (Lipinski definition) is 0. The molecule has 4 heteroatoms. The molecule has 0 aliphatic heterocycles. The summed E-state index contributed by atoms with van der Waals surface area (Å²) in [6, 6.07) is 8.40. The summed E-state index contributed by atoms with van der Waals surface area (Å²) < 4.78 is 1.81. The molecule has 0 aliphatic rings. The first-order valence-electron chi connectivity index (χ1n) is 4.82. The van der Waals surface area contributed by atoms with Gasteiger partial charge in [0.2, 0.25) is 0 Å². The van der Waals surface area contributed by atoms with Gasteiger partial charge in [-0.05, 0) is 36.9 Å². The summed E-state index contributed by atoms with van der Waals surface area (Å²) in [5.74, 6) is 1.74. The van der Waals surface area contributed by atoms with Gasteiger partial charge in [0, 0.05) is 5.75 Å². The molecule has 0 radical (unpaired) electrons. The number of benzene rings is 1. The second kappa shape index (κ2) is 4.49. The first-order valence-corrected chi connectivity index (χ1v) is 5.76. The van der Waals surface area contributed by atoms with E-state index >= 15 is 0 Å². The van der Waals surface area contributed by atoms with Crippen LogP contribution in [0.4, 0.5) is 0 Å². The Labute approximate surface area is 93.7 Å². The lowest BCUT2D eigenvalue weighted by Gasteiger charge is -2.03. The molecule has 15 heavy (non-hydrogen) atoms. The fraction of sp³-hybridized carbons (Fsp3) is 0.273. The SMILES string of the molecule is Cc1ncn(SCc2ccccc2C)n1. The third kappa shape index (κ3) is 2.59. The summed E-state index contributed by atoms with van der Waals surface area (Å²) in [6.07, 6.45) is 1.75. The van der Waals surface area contributed by atoms with Crippen LogP contribution in [0.3, 0.4) is 0 Å². The Bertz CT molecular complexity index is 451. The summed E-state index contributed by atoms with van der Waals surface area (Å²) in [4.78, 5) is 4.08. The maximum Gasteiger partial charge on any atom is 0.148 e. The van der Waals surface area contributed by atoms with Gasteiger partial charge in [0.25, 0.3) is 0 Å². The molecule has 0 saturated carbocycles. The minimum Gasteiger partial charge on any atom is -0.219 e. The minimum absolute atomic E-state index is 0.812. The summed E-state index contributed by atoms with van der Waals surface area (Å²) in [5, 5.41) is 4.22. The smallest absolute Gasteiger partial charge is 0.148 e. The van der Waals surface area contributed by atoms with Gasteiger partial charge in [-0.15, -0.1) is 5.10 Å². The molecule has 3 nitrogen and oxygen atoms in total. The van der Waals surface area contributed by atoms with Gasteiger partial charge in [-0.2, -0.15) is 4.09 Å². The van der Waals surface area contributed by atoms with E-state index in [1.54, 1.807) is 18.3 Å². The maximum absolute atomic E-state index is 4.22. The van der Waals surface area contributed by atoms with E-state index in [-0.39, 0.29) is 0 Å². The van der Waals surface area contributed by atoms with Crippen molar-refractivity contribution in [2.45, 2.75) is 19.6 Å². The predicted octanol–water partition coefficient (Wildman–Crippen LogP) is 2.59. The van der Waals surface area contributed by atoms with E-state index in [4.69, 9.17) is 0 Å². The summed E-state index contributed by atoms with van der Waals surface area (Å²) >= 11 is 1.65. The van der Waals surface area contributed by atoms with Gasteiger partial charge < -0.3 is 0 Å². The van der Waals surface area contributed by atoms with Crippen LogP contribution in [0.2, 0.25) is 0 Å². The van der Waals surface area contributed by atoms with Gasteiger partial charge in [-0.3, -0.25) is 0 Å². The Balaban J connectivity index is 2.02. The molecule has 1 heterocycles. The van der Waals surface area contributed by atoms with Gasteiger partial charge in [-0.25, -0.2) is 4.98 Å². The second-order valence-electron chi connectivity index (χ2n) is 3.39. The van der Waals surface area contributed by atoms with Crippen LogP contribution in [0.15, 0.2) is 30.6 Å². The zero-order valence-electron chi connectivity index (χ0n) is 8.84. The molecular formula is C11H13N3S. The summed E-state index contributed by atoms with van der Waals surface area (Å²) in [6.45, 7) is 4.02. The highest BCUT2D eigenvalue weighted by atomic mass is 32.2. The van der Waals surface area contributed by atoms with Crippen molar-refractivity contribution in [1.29, 1.82) is 0 Å². The zero-order chi connectivity index (χ0) is 10.7. The number of rotatable bonds is 3. The van der Waals surface area contributed by atoms with Gasteiger partial charge >= 0.3 is 0 Å². The van der Waals surface area contributed by atoms with Crippen LogP contribution in [-0.2, 0) is 5.75 Å². The van der Waals surface area contributed by atoms with Crippen molar-refractivity contribution in [3.8, 4) is 0 Å². The highest BCUT2D eigenvalue weighted by molar-refractivity contribution is 7.96. The Kier molecular flexibility index (Phi) is 3.06. The summed E-state index contributed by atoms with van der Waals surface area (Å²) in [5.41, 5.74) is 2.66. The number of hydrogen-bond acceptors (Lipinski definition) is 3. The molecule has 0 amide bonds. The molecule has 2 rings (SSSR count). The van der Waals surface area contributed by atoms with Crippen molar-refractivity contribution in [2.75, 3.05) is 0 Å². The average Bonchev–Trinajstić information content (AvgIpc) is 2.63. The third-order valence-electron chi connectivity index (χ3n) is 2.20. The molecule has 0 unspecified atom stereocenters. The molecule has 1 aromatic carbocycles. The molecular weight excluding hydrogens is 206 g/mol. The molecule has 2 aromatic rings. The predicted molar refractivity (Wildman–Crippen MR) is 62.6 cm³/mol. The van der Waals surface area contributed by atoms with Gasteiger partial charge in [-0.1, -0.05) is 24.3 Å². The van der Waals surface area contributed by atoms with Crippen molar-refractivity contribution < 1.29 is 0 Å². The van der Waals surface area contributed by atoms with Gasteiger partial charge in [0.05, 0.1) is 0 Å². The highest BCUT2D eigenvalue weighted by Gasteiger charge is 2.00. The van der Waals surface area contributed by atoms with E-state index in [1.165, 1.54) is 11.1 Å². The fourth-order valence-electron chi connectivity index (χ4n) is 1.30. The molecule has 78 valence electrons. The van der Waals surface area contributed by atoms with Crippen LogP contribution in [0.5, 0.6) is 0 Å². The maximum atomic E-state index is 4.22. The topological polar surface area (TPSA) is 30.7 Å². The fourth-order valence-corrected chi connectivity index (χ4v) is 2.18. The lowest BCUT2D eigenvalue weighted by molar-refractivity contribution is 0.973. The van der Waals surface area contributed by atoms with E-state index in [9.17, 15) is 0 Å². The monoisotopic (exact) mass is 219 g/mol. The molecule has 0 spiro atoms. The van der Waals surface area contributed by atoms with Crippen LogP contribution in [0.25, 0.3) is 0 Å². The van der Waals surface area contributed by atoms with Crippen LogP contribution in [0, 0.1) is 13.8 Å². The molecule has 0 aliphatic carbocycles. The van der Waals surface area contributed by atoms with E-state index in [1.807, 2.05) is 11.0 Å². The van der Waals surface area contributed by atoms with E-state index in [2.05, 4.69) is 41.3 Å². The Hall–Kier alpha value is -1.29. The zero-order valence-corrected chi connectivity index (χ0v) is 9.66. The van der Waals surface area contributed by atoms with Crippen molar-refractivity contribution >= 4 is 11.9 Å².